The van der Waals surface area contributed by atoms with Crippen LogP contribution in [-0.2, 0) is 11.3 Å². The lowest BCUT2D eigenvalue weighted by atomic mass is 10.0. The second-order valence-electron chi connectivity index (χ2n) is 8.05. The van der Waals surface area contributed by atoms with Gasteiger partial charge in [-0.05, 0) is 53.3 Å². The second-order valence-corrected chi connectivity index (χ2v) is 8.05. The van der Waals surface area contributed by atoms with Crippen LogP contribution in [0.5, 0.6) is 17.5 Å². The van der Waals surface area contributed by atoms with Crippen LogP contribution in [0.25, 0.3) is 11.1 Å². The molecule has 0 aliphatic carbocycles. The average Bonchev–Trinajstić information content (AvgIpc) is 2.81. The number of pyridine rings is 1. The zero-order valence-electron chi connectivity index (χ0n) is 18.6. The third kappa shape index (κ3) is 6.14. The molecule has 1 aromatic heterocycles. The van der Waals surface area contributed by atoms with Crippen LogP contribution < -0.4 is 15.2 Å². The SMILES string of the molecule is CC(C)CC(Oc1nc(Oc2cc(C=O)cc(-c3cccc(CN)c3)c2)c(F)cc1F)C(=O)O. The van der Waals surface area contributed by atoms with Crippen molar-refractivity contribution < 1.29 is 33.0 Å². The fourth-order valence-corrected chi connectivity index (χ4v) is 3.26. The average molecular weight is 470 g/mol. The first-order chi connectivity index (χ1) is 16.2. The zero-order chi connectivity index (χ0) is 24.8. The number of carbonyl (C=O) groups is 2. The molecule has 2 aromatic carbocycles. The van der Waals surface area contributed by atoms with Gasteiger partial charge in [0.2, 0.25) is 0 Å². The number of rotatable bonds is 10. The third-order valence-electron chi connectivity index (χ3n) is 4.86. The quantitative estimate of drug-likeness (QED) is 0.403. The zero-order valence-corrected chi connectivity index (χ0v) is 18.6. The second kappa shape index (κ2) is 10.8. The first kappa shape index (κ1) is 24.8. The Kier molecular flexibility index (Phi) is 7.91. The summed E-state index contributed by atoms with van der Waals surface area (Å²) in [4.78, 5) is 26.6. The maximum absolute atomic E-state index is 14.4. The first-order valence-corrected chi connectivity index (χ1v) is 10.5. The van der Waals surface area contributed by atoms with E-state index in [0.29, 0.717) is 24.5 Å². The van der Waals surface area contributed by atoms with Gasteiger partial charge in [0.15, 0.2) is 17.7 Å². The van der Waals surface area contributed by atoms with E-state index in [2.05, 4.69) is 4.98 Å². The topological polar surface area (TPSA) is 112 Å². The van der Waals surface area contributed by atoms with Crippen LogP contribution in [0.4, 0.5) is 8.78 Å². The van der Waals surface area contributed by atoms with Crippen molar-refractivity contribution in [2.45, 2.75) is 32.9 Å². The maximum atomic E-state index is 14.4. The number of carbonyl (C=O) groups excluding carboxylic acids is 1. The molecule has 34 heavy (non-hydrogen) atoms. The van der Waals surface area contributed by atoms with Crippen molar-refractivity contribution in [3.63, 3.8) is 0 Å². The van der Waals surface area contributed by atoms with Gasteiger partial charge in [-0.3, -0.25) is 4.79 Å². The van der Waals surface area contributed by atoms with Crippen molar-refractivity contribution in [2.24, 2.45) is 11.7 Å². The number of aliphatic carboxylic acids is 1. The Morgan fingerprint density at radius 3 is 2.47 bits per heavy atom. The van der Waals surface area contributed by atoms with Gasteiger partial charge in [0, 0.05) is 18.2 Å². The standard InChI is InChI=1S/C25H24F2N2O5/c1-14(2)6-22(25(31)32)34-24-21(27)11-20(26)23(29-24)33-19-9-16(13-30)8-18(10-19)17-5-3-4-15(7-17)12-28/h3-5,7-11,13-14,22H,6,12,28H2,1-2H3,(H,31,32). The highest BCUT2D eigenvalue weighted by Crippen LogP contribution is 2.32. The van der Waals surface area contributed by atoms with Crippen LogP contribution in [0.15, 0.2) is 48.5 Å². The molecular formula is C25H24F2N2O5. The summed E-state index contributed by atoms with van der Waals surface area (Å²) in [5.74, 6) is -4.91. The third-order valence-corrected chi connectivity index (χ3v) is 4.86. The molecule has 0 aliphatic rings. The van der Waals surface area contributed by atoms with Crippen LogP contribution in [0.3, 0.4) is 0 Å². The Morgan fingerprint density at radius 1 is 1.09 bits per heavy atom. The van der Waals surface area contributed by atoms with Gasteiger partial charge >= 0.3 is 5.97 Å². The molecule has 0 spiro atoms. The molecule has 1 heterocycles. The van der Waals surface area contributed by atoms with E-state index in [1.54, 1.807) is 26.0 Å². The molecular weight excluding hydrogens is 446 g/mol. The fourth-order valence-electron chi connectivity index (χ4n) is 3.26. The summed E-state index contributed by atoms with van der Waals surface area (Å²) in [5.41, 5.74) is 8.19. The number of aldehydes is 1. The summed E-state index contributed by atoms with van der Waals surface area (Å²) in [6.07, 6.45) is -0.674. The number of halogens is 2. The van der Waals surface area contributed by atoms with Crippen molar-refractivity contribution in [1.29, 1.82) is 0 Å². The Hall–Kier alpha value is -3.85. The number of nitrogens with two attached hydrogens (primary N) is 1. The molecule has 3 N–H and O–H groups in total. The van der Waals surface area contributed by atoms with Crippen molar-refractivity contribution in [3.05, 3.63) is 71.3 Å². The van der Waals surface area contributed by atoms with Crippen LogP contribution in [-0.4, -0.2) is 28.4 Å². The molecule has 3 rings (SSSR count). The molecule has 0 fully saturated rings. The summed E-state index contributed by atoms with van der Waals surface area (Å²) in [6.45, 7) is 3.89. The minimum Gasteiger partial charge on any atom is -0.479 e. The van der Waals surface area contributed by atoms with E-state index >= 15 is 0 Å². The van der Waals surface area contributed by atoms with Gasteiger partial charge in [-0.1, -0.05) is 32.0 Å². The molecule has 0 radical (unpaired) electrons. The predicted octanol–water partition coefficient (Wildman–Crippen LogP) is 4.97. The number of benzene rings is 2. The first-order valence-electron chi connectivity index (χ1n) is 10.5. The Balaban J connectivity index is 1.96. The molecule has 0 bridgehead atoms. The highest BCUT2D eigenvalue weighted by atomic mass is 19.1. The highest BCUT2D eigenvalue weighted by Gasteiger charge is 2.25. The van der Waals surface area contributed by atoms with E-state index in [1.807, 2.05) is 24.3 Å². The van der Waals surface area contributed by atoms with Crippen LogP contribution in [0.1, 0.15) is 36.2 Å². The lowest BCUT2D eigenvalue weighted by Crippen LogP contribution is -2.29. The van der Waals surface area contributed by atoms with E-state index in [1.165, 1.54) is 6.07 Å². The van der Waals surface area contributed by atoms with Crippen molar-refractivity contribution in [3.8, 4) is 28.6 Å². The van der Waals surface area contributed by atoms with E-state index < -0.39 is 35.5 Å². The van der Waals surface area contributed by atoms with Crippen molar-refractivity contribution >= 4 is 12.3 Å². The van der Waals surface area contributed by atoms with Crippen molar-refractivity contribution in [2.75, 3.05) is 0 Å². The molecule has 0 aliphatic heterocycles. The lowest BCUT2D eigenvalue weighted by molar-refractivity contribution is -0.146. The van der Waals surface area contributed by atoms with Gasteiger partial charge in [0.25, 0.3) is 11.8 Å². The smallest absolute Gasteiger partial charge is 0.344 e. The fraction of sp³-hybridized carbons (Fsp3) is 0.240. The van der Waals surface area contributed by atoms with Crippen LogP contribution >= 0.6 is 0 Å². The summed E-state index contributed by atoms with van der Waals surface area (Å²) >= 11 is 0. The molecule has 7 nitrogen and oxygen atoms in total. The van der Waals surface area contributed by atoms with E-state index in [4.69, 9.17) is 15.2 Å². The highest BCUT2D eigenvalue weighted by molar-refractivity contribution is 5.80. The predicted molar refractivity (Wildman–Crippen MR) is 121 cm³/mol. The van der Waals surface area contributed by atoms with Crippen LogP contribution in [0.2, 0.25) is 0 Å². The number of carboxylic acids is 1. The van der Waals surface area contributed by atoms with E-state index in [9.17, 15) is 23.5 Å². The van der Waals surface area contributed by atoms with E-state index in [0.717, 1.165) is 11.1 Å². The van der Waals surface area contributed by atoms with Gasteiger partial charge in [-0.25, -0.2) is 13.6 Å². The molecule has 0 saturated carbocycles. The maximum Gasteiger partial charge on any atom is 0.344 e. The summed E-state index contributed by atoms with van der Waals surface area (Å²) in [5, 5.41) is 9.35. The molecule has 3 aromatic rings. The summed E-state index contributed by atoms with van der Waals surface area (Å²) in [7, 11) is 0. The van der Waals surface area contributed by atoms with Gasteiger partial charge in [0.1, 0.15) is 12.0 Å². The van der Waals surface area contributed by atoms with Gasteiger partial charge in [-0.2, -0.15) is 4.98 Å². The Labute approximate surface area is 195 Å². The monoisotopic (exact) mass is 470 g/mol. The normalized spacial score (nSPS) is 11.8. The number of carboxylic acid groups (broad SMARTS) is 1. The van der Waals surface area contributed by atoms with E-state index in [-0.39, 0.29) is 23.7 Å². The Morgan fingerprint density at radius 2 is 1.82 bits per heavy atom. The summed E-state index contributed by atoms with van der Waals surface area (Å²) < 4.78 is 39.5. The number of aromatic nitrogens is 1. The largest absolute Gasteiger partial charge is 0.479 e. The Bertz CT molecular complexity index is 1200. The van der Waals surface area contributed by atoms with Gasteiger partial charge < -0.3 is 20.3 Å². The molecule has 1 unspecified atom stereocenters. The molecule has 178 valence electrons. The molecule has 1 atom stereocenters. The number of hydrogen-bond donors (Lipinski definition) is 2. The number of ether oxygens (including phenoxy) is 2. The minimum absolute atomic E-state index is 0.0531. The number of hydrogen-bond acceptors (Lipinski definition) is 6. The lowest BCUT2D eigenvalue weighted by Gasteiger charge is -2.17. The number of nitrogens with zero attached hydrogens (tertiary/aromatic N) is 1. The molecule has 0 amide bonds. The van der Waals surface area contributed by atoms with Gasteiger partial charge in [0.05, 0.1) is 0 Å². The van der Waals surface area contributed by atoms with Crippen LogP contribution in [0, 0.1) is 17.6 Å². The van der Waals surface area contributed by atoms with Crippen molar-refractivity contribution in [1.82, 2.24) is 4.98 Å². The summed E-state index contributed by atoms with van der Waals surface area (Å²) in [6, 6.07) is 12.4. The minimum atomic E-state index is -1.37. The van der Waals surface area contributed by atoms with Gasteiger partial charge in [-0.15, -0.1) is 0 Å². The molecule has 9 heteroatoms. The molecule has 0 saturated heterocycles.